The molecule has 0 spiro atoms. The summed E-state index contributed by atoms with van der Waals surface area (Å²) < 4.78 is 4.76. The zero-order valence-corrected chi connectivity index (χ0v) is 10.1. The molecule has 0 saturated carbocycles. The lowest BCUT2D eigenvalue weighted by molar-refractivity contribution is -0.143. The smallest absolute Gasteiger partial charge is 0.319 e. The van der Waals surface area contributed by atoms with Crippen LogP contribution in [-0.2, 0) is 9.53 Å². The zero-order valence-electron chi connectivity index (χ0n) is 10.1. The first-order chi connectivity index (χ1) is 7.81. The Morgan fingerprint density at radius 1 is 1.38 bits per heavy atom. The summed E-state index contributed by atoms with van der Waals surface area (Å²) in [7, 11) is 1.47. The molecule has 4 nitrogen and oxygen atoms in total. The minimum Gasteiger partial charge on any atom is -0.468 e. The molecule has 0 amide bonds. The van der Waals surface area contributed by atoms with E-state index in [-0.39, 0.29) is 5.97 Å². The van der Waals surface area contributed by atoms with Crippen molar-refractivity contribution >= 4 is 5.97 Å². The van der Waals surface area contributed by atoms with E-state index in [1.54, 1.807) is 0 Å². The highest BCUT2D eigenvalue weighted by molar-refractivity contribution is 5.71. The predicted octanol–water partition coefficient (Wildman–Crippen LogP) is 0.766. The minimum absolute atomic E-state index is 0.107. The van der Waals surface area contributed by atoms with Crippen molar-refractivity contribution in [1.82, 2.24) is 10.2 Å². The third kappa shape index (κ3) is 2.74. The van der Waals surface area contributed by atoms with Crippen molar-refractivity contribution in [2.75, 3.05) is 26.7 Å². The Labute approximate surface area is 97.3 Å². The van der Waals surface area contributed by atoms with Crippen molar-refractivity contribution in [2.45, 2.75) is 44.2 Å². The highest BCUT2D eigenvalue weighted by Gasteiger charge is 2.32. The lowest BCUT2D eigenvalue weighted by Crippen LogP contribution is -2.51. The third-order valence-electron chi connectivity index (χ3n) is 3.79. The summed E-state index contributed by atoms with van der Waals surface area (Å²) in [6, 6.07) is 1.13. The van der Waals surface area contributed by atoms with Crippen molar-refractivity contribution in [2.24, 2.45) is 0 Å². The van der Waals surface area contributed by atoms with Crippen molar-refractivity contribution in [1.29, 1.82) is 0 Å². The van der Waals surface area contributed by atoms with Gasteiger partial charge in [-0.25, -0.2) is 0 Å². The number of rotatable bonds is 3. The largest absolute Gasteiger partial charge is 0.468 e. The van der Waals surface area contributed by atoms with Crippen LogP contribution in [0.3, 0.4) is 0 Å². The number of carbonyl (C=O) groups excluding carboxylic acids is 1. The first kappa shape index (κ1) is 11.9. The first-order valence-corrected chi connectivity index (χ1v) is 6.35. The molecular weight excluding hydrogens is 204 g/mol. The number of piperidine rings is 1. The van der Waals surface area contributed by atoms with Gasteiger partial charge in [0.15, 0.2) is 0 Å². The summed E-state index contributed by atoms with van der Waals surface area (Å²) in [4.78, 5) is 13.7. The molecule has 2 unspecified atom stereocenters. The van der Waals surface area contributed by atoms with Crippen LogP contribution in [0.2, 0.25) is 0 Å². The highest BCUT2D eigenvalue weighted by Crippen LogP contribution is 2.23. The Kier molecular flexibility index (Phi) is 4.18. The molecule has 2 aliphatic heterocycles. The van der Waals surface area contributed by atoms with E-state index in [9.17, 15) is 4.79 Å². The van der Waals surface area contributed by atoms with Crippen molar-refractivity contribution < 1.29 is 9.53 Å². The fraction of sp³-hybridized carbons (Fsp3) is 0.917. The zero-order chi connectivity index (χ0) is 11.4. The molecule has 0 aromatic carbocycles. The van der Waals surface area contributed by atoms with Gasteiger partial charge in [-0.3, -0.25) is 9.69 Å². The van der Waals surface area contributed by atoms with Crippen LogP contribution in [0.1, 0.15) is 32.1 Å². The Hall–Kier alpha value is -0.610. The maximum atomic E-state index is 11.4. The molecule has 0 bridgehead atoms. The van der Waals surface area contributed by atoms with Crippen molar-refractivity contribution in [3.05, 3.63) is 0 Å². The number of hydrogen-bond acceptors (Lipinski definition) is 4. The molecule has 0 radical (unpaired) electrons. The average molecular weight is 226 g/mol. The van der Waals surface area contributed by atoms with Gasteiger partial charge in [0.1, 0.15) is 0 Å². The maximum absolute atomic E-state index is 11.4. The fourth-order valence-corrected chi connectivity index (χ4v) is 2.94. The first-order valence-electron chi connectivity index (χ1n) is 6.35. The van der Waals surface area contributed by atoms with E-state index in [1.807, 2.05) is 0 Å². The van der Waals surface area contributed by atoms with Gasteiger partial charge >= 0.3 is 5.97 Å². The summed E-state index contributed by atoms with van der Waals surface area (Å²) in [5, 5.41) is 3.55. The van der Waals surface area contributed by atoms with Gasteiger partial charge in [-0.2, -0.15) is 0 Å². The third-order valence-corrected chi connectivity index (χ3v) is 3.79. The summed E-state index contributed by atoms with van der Waals surface area (Å²) in [6.07, 6.45) is 6.24. The van der Waals surface area contributed by atoms with Crippen LogP contribution in [0.5, 0.6) is 0 Å². The van der Waals surface area contributed by atoms with Gasteiger partial charge in [0.2, 0.25) is 0 Å². The molecule has 0 aromatic rings. The normalized spacial score (nSPS) is 31.6. The van der Waals surface area contributed by atoms with Crippen LogP contribution in [0, 0.1) is 0 Å². The molecule has 0 aliphatic carbocycles. The standard InChI is InChI=1S/C12H22N2O2/c1-16-12(15)9-14-8-3-2-6-11(14)10-5-4-7-13-10/h10-11,13H,2-9H2,1H3. The summed E-state index contributed by atoms with van der Waals surface area (Å²) >= 11 is 0. The monoisotopic (exact) mass is 226 g/mol. The van der Waals surface area contributed by atoms with Crippen LogP contribution < -0.4 is 5.32 Å². The Balaban J connectivity index is 1.93. The number of nitrogens with one attached hydrogen (secondary N) is 1. The number of ether oxygens (including phenoxy) is 1. The molecule has 2 heterocycles. The van der Waals surface area contributed by atoms with Crippen LogP contribution >= 0.6 is 0 Å². The fourth-order valence-electron chi connectivity index (χ4n) is 2.94. The minimum atomic E-state index is -0.107. The predicted molar refractivity (Wildman–Crippen MR) is 62.3 cm³/mol. The molecule has 2 aliphatic rings. The van der Waals surface area contributed by atoms with Gasteiger partial charge < -0.3 is 10.1 Å². The average Bonchev–Trinajstić information content (AvgIpc) is 2.83. The number of esters is 1. The second-order valence-electron chi connectivity index (χ2n) is 4.81. The van der Waals surface area contributed by atoms with Gasteiger partial charge in [0, 0.05) is 12.1 Å². The Morgan fingerprint density at radius 3 is 2.94 bits per heavy atom. The molecule has 2 rings (SSSR count). The van der Waals surface area contributed by atoms with E-state index < -0.39 is 0 Å². The molecule has 4 heteroatoms. The van der Waals surface area contributed by atoms with Gasteiger partial charge in [-0.05, 0) is 38.8 Å². The topological polar surface area (TPSA) is 41.6 Å². The Bertz CT molecular complexity index is 239. The van der Waals surface area contributed by atoms with Crippen LogP contribution in [0.15, 0.2) is 0 Å². The van der Waals surface area contributed by atoms with Crippen LogP contribution in [0.4, 0.5) is 0 Å². The number of carbonyl (C=O) groups is 1. The molecule has 1 N–H and O–H groups in total. The lowest BCUT2D eigenvalue weighted by Gasteiger charge is -2.38. The van der Waals surface area contributed by atoms with Crippen molar-refractivity contribution in [3.8, 4) is 0 Å². The molecular formula is C12H22N2O2. The lowest BCUT2D eigenvalue weighted by atomic mass is 9.94. The molecule has 0 aromatic heterocycles. The molecule has 2 saturated heterocycles. The van der Waals surface area contributed by atoms with E-state index in [4.69, 9.17) is 4.74 Å². The SMILES string of the molecule is COC(=O)CN1CCCCC1C1CCCN1. The quantitative estimate of drug-likeness (QED) is 0.722. The summed E-state index contributed by atoms with van der Waals surface area (Å²) in [5.41, 5.74) is 0. The van der Waals surface area contributed by atoms with Gasteiger partial charge in [0.05, 0.1) is 13.7 Å². The van der Waals surface area contributed by atoms with Gasteiger partial charge in [0.25, 0.3) is 0 Å². The highest BCUT2D eigenvalue weighted by atomic mass is 16.5. The van der Waals surface area contributed by atoms with E-state index >= 15 is 0 Å². The number of nitrogens with zero attached hydrogens (tertiary/aromatic N) is 1. The van der Waals surface area contributed by atoms with E-state index in [0.29, 0.717) is 18.6 Å². The number of methoxy groups -OCH3 is 1. The summed E-state index contributed by atoms with van der Waals surface area (Å²) in [6.45, 7) is 2.63. The second kappa shape index (κ2) is 5.64. The van der Waals surface area contributed by atoms with Crippen molar-refractivity contribution in [3.63, 3.8) is 0 Å². The van der Waals surface area contributed by atoms with Crippen LogP contribution in [-0.4, -0.2) is 49.7 Å². The van der Waals surface area contributed by atoms with Gasteiger partial charge in [-0.1, -0.05) is 6.42 Å². The molecule has 92 valence electrons. The molecule has 16 heavy (non-hydrogen) atoms. The maximum Gasteiger partial charge on any atom is 0.319 e. The number of hydrogen-bond donors (Lipinski definition) is 1. The molecule has 2 atom stereocenters. The van der Waals surface area contributed by atoms with E-state index in [0.717, 1.165) is 13.1 Å². The Morgan fingerprint density at radius 2 is 2.25 bits per heavy atom. The summed E-state index contributed by atoms with van der Waals surface area (Å²) in [5.74, 6) is -0.107. The molecule has 2 fully saturated rings. The van der Waals surface area contributed by atoms with Crippen LogP contribution in [0.25, 0.3) is 0 Å². The van der Waals surface area contributed by atoms with E-state index in [2.05, 4.69) is 10.2 Å². The van der Waals surface area contributed by atoms with Gasteiger partial charge in [-0.15, -0.1) is 0 Å². The second-order valence-corrected chi connectivity index (χ2v) is 4.81. The van der Waals surface area contributed by atoms with E-state index in [1.165, 1.54) is 39.2 Å². The number of likely N-dealkylation sites (tertiary alicyclic amines) is 1.